The molecule has 33 heavy (non-hydrogen) atoms. The third-order valence-corrected chi connectivity index (χ3v) is 7.45. The summed E-state index contributed by atoms with van der Waals surface area (Å²) in [5.74, 6) is 1.70. The number of rotatable bonds is 9. The first-order chi connectivity index (χ1) is 15.7. The van der Waals surface area contributed by atoms with Crippen LogP contribution in [0.4, 0.5) is 5.13 Å². The Morgan fingerprint density at radius 3 is 2.79 bits per heavy atom. The van der Waals surface area contributed by atoms with Gasteiger partial charge < -0.3 is 9.47 Å². The molecule has 1 fully saturated rings. The van der Waals surface area contributed by atoms with Gasteiger partial charge in [0, 0.05) is 37.1 Å². The van der Waals surface area contributed by atoms with Crippen LogP contribution in [0.1, 0.15) is 23.7 Å². The Bertz CT molecular complexity index is 1060. The van der Waals surface area contributed by atoms with Crippen molar-refractivity contribution in [1.29, 1.82) is 0 Å². The molecular formula is C24H30ClN3O3S2. The molecule has 0 bridgehead atoms. The number of carbonyl (C=O) groups excluding carboxylic acids is 1. The highest BCUT2D eigenvalue weighted by Gasteiger charge is 2.24. The Kier molecular flexibility index (Phi) is 9.82. The number of thiazole rings is 1. The van der Waals surface area contributed by atoms with E-state index in [1.165, 1.54) is 0 Å². The van der Waals surface area contributed by atoms with Gasteiger partial charge >= 0.3 is 0 Å². The predicted molar refractivity (Wildman–Crippen MR) is 140 cm³/mol. The zero-order valence-corrected chi connectivity index (χ0v) is 21.4. The number of nitrogens with zero attached hydrogens (tertiary/aromatic N) is 3. The predicted octanol–water partition coefficient (Wildman–Crippen LogP) is 5.21. The molecule has 0 N–H and O–H groups in total. The van der Waals surface area contributed by atoms with Crippen LogP contribution in [0.2, 0.25) is 0 Å². The summed E-state index contributed by atoms with van der Waals surface area (Å²) < 4.78 is 11.8. The highest BCUT2D eigenvalue weighted by Crippen LogP contribution is 2.33. The molecule has 1 aliphatic heterocycles. The number of benzene rings is 2. The van der Waals surface area contributed by atoms with Crippen LogP contribution in [-0.2, 0) is 4.74 Å². The van der Waals surface area contributed by atoms with Gasteiger partial charge in [0.25, 0.3) is 5.91 Å². The van der Waals surface area contributed by atoms with Crippen molar-refractivity contribution >= 4 is 56.8 Å². The number of morpholine rings is 1. The number of fused-ring (bicyclic) bond motifs is 1. The number of halogens is 1. The minimum atomic E-state index is 0. The highest BCUT2D eigenvalue weighted by molar-refractivity contribution is 7.99. The monoisotopic (exact) mass is 507 g/mol. The number of carbonyl (C=O) groups is 1. The van der Waals surface area contributed by atoms with Gasteiger partial charge in [0.15, 0.2) is 5.13 Å². The summed E-state index contributed by atoms with van der Waals surface area (Å²) in [5, 5.41) is 0.733. The van der Waals surface area contributed by atoms with E-state index in [-0.39, 0.29) is 18.3 Å². The number of hydrogen-bond donors (Lipinski definition) is 0. The van der Waals surface area contributed by atoms with Crippen molar-refractivity contribution in [1.82, 2.24) is 9.88 Å². The first-order valence-electron chi connectivity index (χ1n) is 11.0. The number of methoxy groups -OCH3 is 1. The van der Waals surface area contributed by atoms with Crippen molar-refractivity contribution in [2.45, 2.75) is 18.2 Å². The zero-order chi connectivity index (χ0) is 22.3. The second-order valence-electron chi connectivity index (χ2n) is 7.52. The Hall–Kier alpha value is -1.84. The standard InChI is InChI=1S/C24H29N3O3S2.ClH/c1-3-31-21-8-5-4-7-19(21)23(28)27(12-6-11-26-13-15-30-16-14-26)24-25-20-17-18(29-2)9-10-22(20)32-24;/h4-5,7-10,17H,3,6,11-16H2,1-2H3;1H. The van der Waals surface area contributed by atoms with Crippen LogP contribution in [-0.4, -0.2) is 68.0 Å². The van der Waals surface area contributed by atoms with Gasteiger partial charge in [-0.3, -0.25) is 14.6 Å². The molecule has 4 rings (SSSR count). The van der Waals surface area contributed by atoms with Gasteiger partial charge in [-0.05, 0) is 36.4 Å². The van der Waals surface area contributed by atoms with Crippen LogP contribution in [0.5, 0.6) is 5.75 Å². The third kappa shape index (κ3) is 6.39. The van der Waals surface area contributed by atoms with E-state index in [1.807, 2.05) is 47.4 Å². The molecule has 1 amide bonds. The molecular weight excluding hydrogens is 478 g/mol. The summed E-state index contributed by atoms with van der Waals surface area (Å²) in [5.41, 5.74) is 1.59. The van der Waals surface area contributed by atoms with Gasteiger partial charge in [-0.2, -0.15) is 0 Å². The van der Waals surface area contributed by atoms with Crippen LogP contribution < -0.4 is 9.64 Å². The first-order valence-corrected chi connectivity index (χ1v) is 12.8. The molecule has 0 spiro atoms. The topological polar surface area (TPSA) is 54.9 Å². The summed E-state index contributed by atoms with van der Waals surface area (Å²) in [4.78, 5) is 23.8. The average molecular weight is 508 g/mol. The lowest BCUT2D eigenvalue weighted by atomic mass is 10.2. The Morgan fingerprint density at radius 1 is 1.24 bits per heavy atom. The summed E-state index contributed by atoms with van der Waals surface area (Å²) in [6.07, 6.45) is 0.883. The molecule has 0 saturated carbocycles. The van der Waals surface area contributed by atoms with Gasteiger partial charge in [0.2, 0.25) is 0 Å². The van der Waals surface area contributed by atoms with Crippen molar-refractivity contribution in [2.75, 3.05) is 57.2 Å². The Labute approximate surface area is 209 Å². The maximum Gasteiger partial charge on any atom is 0.261 e. The lowest BCUT2D eigenvalue weighted by Crippen LogP contribution is -2.39. The smallest absolute Gasteiger partial charge is 0.261 e. The number of ether oxygens (including phenoxy) is 2. The van der Waals surface area contributed by atoms with Crippen LogP contribution in [0.15, 0.2) is 47.4 Å². The van der Waals surface area contributed by atoms with Gasteiger partial charge in [-0.15, -0.1) is 24.2 Å². The van der Waals surface area contributed by atoms with E-state index in [2.05, 4.69) is 11.8 Å². The molecule has 9 heteroatoms. The minimum absolute atomic E-state index is 0. The molecule has 1 saturated heterocycles. The minimum Gasteiger partial charge on any atom is -0.497 e. The molecule has 3 aromatic rings. The van der Waals surface area contributed by atoms with Crippen LogP contribution >= 0.6 is 35.5 Å². The summed E-state index contributed by atoms with van der Waals surface area (Å²) in [6, 6.07) is 13.7. The van der Waals surface area contributed by atoms with E-state index in [1.54, 1.807) is 30.2 Å². The van der Waals surface area contributed by atoms with Crippen molar-refractivity contribution in [2.24, 2.45) is 0 Å². The largest absolute Gasteiger partial charge is 0.497 e. The van der Waals surface area contributed by atoms with Gasteiger partial charge in [0.1, 0.15) is 5.75 Å². The number of amides is 1. The van der Waals surface area contributed by atoms with Crippen LogP contribution in [0.25, 0.3) is 10.2 Å². The molecule has 0 unspecified atom stereocenters. The van der Waals surface area contributed by atoms with E-state index >= 15 is 0 Å². The molecule has 0 aliphatic carbocycles. The maximum absolute atomic E-state index is 13.7. The normalized spacial score (nSPS) is 14.1. The number of thioether (sulfide) groups is 1. The quantitative estimate of drug-likeness (QED) is 0.371. The molecule has 0 atom stereocenters. The van der Waals surface area contributed by atoms with Crippen molar-refractivity contribution in [3.05, 3.63) is 48.0 Å². The van der Waals surface area contributed by atoms with E-state index in [0.717, 1.165) is 76.6 Å². The average Bonchev–Trinajstić information content (AvgIpc) is 3.25. The number of aromatic nitrogens is 1. The van der Waals surface area contributed by atoms with Crippen LogP contribution in [0, 0.1) is 0 Å². The fraction of sp³-hybridized carbons (Fsp3) is 0.417. The van der Waals surface area contributed by atoms with Gasteiger partial charge in [-0.25, -0.2) is 4.98 Å². The molecule has 6 nitrogen and oxygen atoms in total. The second-order valence-corrected chi connectivity index (χ2v) is 9.84. The first kappa shape index (κ1) is 25.8. The molecule has 2 aromatic carbocycles. The van der Waals surface area contributed by atoms with Crippen molar-refractivity contribution < 1.29 is 14.3 Å². The maximum atomic E-state index is 13.7. The summed E-state index contributed by atoms with van der Waals surface area (Å²) in [7, 11) is 1.65. The lowest BCUT2D eigenvalue weighted by Gasteiger charge is -2.28. The Morgan fingerprint density at radius 2 is 2.03 bits per heavy atom. The Balaban J connectivity index is 0.00000306. The molecule has 1 aliphatic rings. The van der Waals surface area contributed by atoms with Crippen molar-refractivity contribution in [3.8, 4) is 5.75 Å². The highest BCUT2D eigenvalue weighted by atomic mass is 35.5. The van der Waals surface area contributed by atoms with Crippen LogP contribution in [0.3, 0.4) is 0 Å². The molecule has 0 radical (unpaired) electrons. The molecule has 178 valence electrons. The lowest BCUT2D eigenvalue weighted by molar-refractivity contribution is 0.0376. The zero-order valence-electron chi connectivity index (χ0n) is 19.0. The van der Waals surface area contributed by atoms with E-state index in [0.29, 0.717) is 6.54 Å². The van der Waals surface area contributed by atoms with Crippen molar-refractivity contribution in [3.63, 3.8) is 0 Å². The SMILES string of the molecule is CCSc1ccccc1C(=O)N(CCCN1CCOCC1)c1nc2cc(OC)ccc2s1.Cl. The summed E-state index contributed by atoms with van der Waals surface area (Å²) in [6.45, 7) is 7.13. The molecule has 1 aromatic heterocycles. The summed E-state index contributed by atoms with van der Waals surface area (Å²) >= 11 is 3.25. The van der Waals surface area contributed by atoms with E-state index in [4.69, 9.17) is 14.5 Å². The van der Waals surface area contributed by atoms with E-state index in [9.17, 15) is 4.79 Å². The van der Waals surface area contributed by atoms with Gasteiger partial charge in [0.05, 0.1) is 36.1 Å². The third-order valence-electron chi connectivity index (χ3n) is 5.44. The second kappa shape index (κ2) is 12.6. The van der Waals surface area contributed by atoms with Gasteiger partial charge in [-0.1, -0.05) is 30.4 Å². The number of anilines is 1. The molecule has 2 heterocycles. The fourth-order valence-electron chi connectivity index (χ4n) is 3.77. The fourth-order valence-corrected chi connectivity index (χ4v) is 5.54. The van der Waals surface area contributed by atoms with E-state index < -0.39 is 0 Å². The number of hydrogen-bond acceptors (Lipinski definition) is 7.